The van der Waals surface area contributed by atoms with Crippen molar-refractivity contribution in [1.82, 2.24) is 15.0 Å². The zero-order valence-electron chi connectivity index (χ0n) is 16.3. The second-order valence-corrected chi connectivity index (χ2v) is 8.42. The number of aromatic nitrogens is 3. The molecular weight excluding hydrogens is 410 g/mol. The predicted molar refractivity (Wildman–Crippen MR) is 122 cm³/mol. The van der Waals surface area contributed by atoms with Gasteiger partial charge in [-0.25, -0.2) is 0 Å². The summed E-state index contributed by atoms with van der Waals surface area (Å²) in [5.41, 5.74) is 2.71. The minimum atomic E-state index is -4.55. The number of rotatable bonds is 4. The third-order valence-corrected chi connectivity index (χ3v) is 5.99. The van der Waals surface area contributed by atoms with Gasteiger partial charge in [0.1, 0.15) is 21.6 Å². The summed E-state index contributed by atoms with van der Waals surface area (Å²) < 4.78 is 34.7. The quantitative estimate of drug-likeness (QED) is 0.323. The maximum Gasteiger partial charge on any atom is 0.297 e. The van der Waals surface area contributed by atoms with Gasteiger partial charge in [-0.3, -0.25) is 4.55 Å². The Bertz CT molecular complexity index is 1560. The molecule has 0 aliphatic heterocycles. The van der Waals surface area contributed by atoms with E-state index in [1.807, 2.05) is 66.7 Å². The lowest BCUT2D eigenvalue weighted by Crippen LogP contribution is -2.10. The van der Waals surface area contributed by atoms with Crippen LogP contribution in [0.1, 0.15) is 11.1 Å². The number of hydrogen-bond donors (Lipinski definition) is 1. The Morgan fingerprint density at radius 3 is 2.35 bits per heavy atom. The highest BCUT2D eigenvalue weighted by molar-refractivity contribution is 7.86. The molecule has 5 rings (SSSR count). The zero-order valence-corrected chi connectivity index (χ0v) is 17.1. The van der Waals surface area contributed by atoms with Crippen molar-refractivity contribution < 1.29 is 13.0 Å². The fourth-order valence-corrected chi connectivity index (χ4v) is 4.47. The fraction of sp³-hybridized carbons (Fsp3) is 0. The second kappa shape index (κ2) is 7.46. The third-order valence-electron chi connectivity index (χ3n) is 5.03. The molecule has 1 heterocycles. The monoisotopic (exact) mass is 427 g/mol. The summed E-state index contributed by atoms with van der Waals surface area (Å²) in [6, 6.07) is 26.0. The zero-order chi connectivity index (χ0) is 21.4. The summed E-state index contributed by atoms with van der Waals surface area (Å²) in [6.07, 6.45) is 3.44. The van der Waals surface area contributed by atoms with Crippen molar-refractivity contribution in [3.05, 3.63) is 96.1 Å². The maximum absolute atomic E-state index is 12.3. The Hall–Kier alpha value is -3.81. The number of hydrogen-bond acceptors (Lipinski definition) is 4. The molecule has 1 aromatic heterocycles. The van der Waals surface area contributed by atoms with Gasteiger partial charge in [0.2, 0.25) is 0 Å². The van der Waals surface area contributed by atoms with Crippen LogP contribution in [-0.4, -0.2) is 28.0 Å². The van der Waals surface area contributed by atoms with Gasteiger partial charge in [-0.2, -0.15) is 8.42 Å². The summed E-state index contributed by atoms with van der Waals surface area (Å²) in [7, 11) is -4.55. The van der Waals surface area contributed by atoms with E-state index in [0.717, 1.165) is 16.3 Å². The van der Waals surface area contributed by atoms with Crippen LogP contribution in [0.2, 0.25) is 0 Å². The molecular formula is C24H17N3O3S. The molecule has 0 unspecified atom stereocenters. The first-order valence-electron chi connectivity index (χ1n) is 9.59. The van der Waals surface area contributed by atoms with Crippen molar-refractivity contribution in [1.29, 1.82) is 0 Å². The summed E-state index contributed by atoms with van der Waals surface area (Å²) in [5, 5.41) is 11.0. The number of fused-ring (bicyclic) bond motifs is 3. The van der Waals surface area contributed by atoms with Crippen LogP contribution < -0.4 is 0 Å². The molecule has 6 nitrogen and oxygen atoms in total. The summed E-state index contributed by atoms with van der Waals surface area (Å²) in [4.78, 5) is 1.02. The molecule has 0 aliphatic rings. The SMILES string of the molecule is O=S(=O)(O)c1c(C=Cc2ccccc2)cccc1-n1nc2ccc3ccccc3c2n1. The lowest BCUT2D eigenvalue weighted by atomic mass is 10.1. The van der Waals surface area contributed by atoms with Gasteiger partial charge in [0.25, 0.3) is 10.1 Å². The Labute approximate surface area is 178 Å². The van der Waals surface area contributed by atoms with Crippen molar-refractivity contribution in [3.8, 4) is 5.69 Å². The number of benzene rings is 4. The highest BCUT2D eigenvalue weighted by atomic mass is 32.2. The van der Waals surface area contributed by atoms with Crippen molar-refractivity contribution in [2.45, 2.75) is 4.90 Å². The minimum Gasteiger partial charge on any atom is -0.282 e. The summed E-state index contributed by atoms with van der Waals surface area (Å²) >= 11 is 0. The van der Waals surface area contributed by atoms with Crippen molar-refractivity contribution >= 4 is 44.1 Å². The molecule has 0 aliphatic carbocycles. The molecule has 0 bridgehead atoms. The van der Waals surface area contributed by atoms with Crippen LogP contribution in [0.3, 0.4) is 0 Å². The summed E-state index contributed by atoms with van der Waals surface area (Å²) in [6.45, 7) is 0. The molecule has 0 amide bonds. The van der Waals surface area contributed by atoms with E-state index >= 15 is 0 Å². The Balaban J connectivity index is 1.71. The van der Waals surface area contributed by atoms with Crippen LogP contribution >= 0.6 is 0 Å². The van der Waals surface area contributed by atoms with Crippen LogP contribution in [-0.2, 0) is 10.1 Å². The van der Waals surface area contributed by atoms with Crippen LogP contribution in [0.15, 0.2) is 89.8 Å². The first kappa shape index (κ1) is 19.2. The maximum atomic E-state index is 12.3. The lowest BCUT2D eigenvalue weighted by Gasteiger charge is -2.09. The molecule has 5 aromatic rings. The normalized spacial score (nSPS) is 12.2. The molecule has 31 heavy (non-hydrogen) atoms. The molecule has 0 spiro atoms. The van der Waals surface area contributed by atoms with Crippen LogP contribution in [0, 0.1) is 0 Å². The van der Waals surface area contributed by atoms with Gasteiger partial charge in [0.05, 0.1) is 0 Å². The molecule has 152 valence electrons. The van der Waals surface area contributed by atoms with Crippen LogP contribution in [0.5, 0.6) is 0 Å². The first-order chi connectivity index (χ1) is 15.0. The van der Waals surface area contributed by atoms with Crippen molar-refractivity contribution in [3.63, 3.8) is 0 Å². The van der Waals surface area contributed by atoms with Gasteiger partial charge in [-0.15, -0.1) is 15.0 Å². The van der Waals surface area contributed by atoms with E-state index in [0.29, 0.717) is 16.6 Å². The second-order valence-electron chi connectivity index (χ2n) is 7.06. The molecule has 0 radical (unpaired) electrons. The van der Waals surface area contributed by atoms with Gasteiger partial charge < -0.3 is 0 Å². The van der Waals surface area contributed by atoms with E-state index in [2.05, 4.69) is 10.2 Å². The number of nitrogens with zero attached hydrogens (tertiary/aromatic N) is 3. The lowest BCUT2D eigenvalue weighted by molar-refractivity contribution is 0.481. The first-order valence-corrected chi connectivity index (χ1v) is 11.0. The fourth-order valence-electron chi connectivity index (χ4n) is 3.62. The van der Waals surface area contributed by atoms with Gasteiger partial charge >= 0.3 is 0 Å². The third kappa shape index (κ3) is 3.61. The molecule has 1 N–H and O–H groups in total. The molecule has 0 fully saturated rings. The molecule has 0 saturated heterocycles. The van der Waals surface area contributed by atoms with Gasteiger partial charge in [-0.05, 0) is 28.6 Å². The van der Waals surface area contributed by atoms with E-state index in [-0.39, 0.29) is 10.6 Å². The van der Waals surface area contributed by atoms with Crippen LogP contribution in [0.4, 0.5) is 0 Å². The average molecular weight is 427 g/mol. The van der Waals surface area contributed by atoms with E-state index in [1.165, 1.54) is 4.80 Å². The van der Waals surface area contributed by atoms with Crippen molar-refractivity contribution in [2.24, 2.45) is 0 Å². The Kier molecular flexibility index (Phi) is 4.62. The van der Waals surface area contributed by atoms with Gasteiger partial charge in [0, 0.05) is 5.39 Å². The Morgan fingerprint density at radius 2 is 1.55 bits per heavy atom. The highest BCUT2D eigenvalue weighted by Crippen LogP contribution is 2.28. The smallest absolute Gasteiger partial charge is 0.282 e. The summed E-state index contributed by atoms with van der Waals surface area (Å²) in [5.74, 6) is 0. The van der Waals surface area contributed by atoms with E-state index in [4.69, 9.17) is 0 Å². The molecule has 0 saturated carbocycles. The topological polar surface area (TPSA) is 85.1 Å². The highest BCUT2D eigenvalue weighted by Gasteiger charge is 2.22. The van der Waals surface area contributed by atoms with Crippen LogP contribution in [0.25, 0.3) is 39.6 Å². The molecule has 0 atom stereocenters. The average Bonchev–Trinajstić information content (AvgIpc) is 3.22. The van der Waals surface area contributed by atoms with Gasteiger partial charge in [-0.1, -0.05) is 84.9 Å². The molecule has 7 heteroatoms. The predicted octanol–water partition coefficient (Wildman–Crippen LogP) is 4.99. The Morgan fingerprint density at radius 1 is 0.774 bits per heavy atom. The van der Waals surface area contributed by atoms with E-state index in [9.17, 15) is 13.0 Å². The largest absolute Gasteiger partial charge is 0.297 e. The van der Waals surface area contributed by atoms with Crippen molar-refractivity contribution in [2.75, 3.05) is 0 Å². The molecule has 4 aromatic carbocycles. The van der Waals surface area contributed by atoms with Gasteiger partial charge in [0.15, 0.2) is 0 Å². The van der Waals surface area contributed by atoms with E-state index < -0.39 is 10.1 Å². The standard InChI is InChI=1S/C24H17N3O3S/c28-31(29,30)24-19(14-13-17-7-2-1-3-8-17)10-6-12-22(24)27-25-21-16-15-18-9-4-5-11-20(18)23(21)26-27/h1-16H,(H,28,29,30). The van der Waals surface area contributed by atoms with E-state index in [1.54, 1.807) is 30.4 Å². The minimum absolute atomic E-state index is 0.179.